The largest absolute Gasteiger partial charge is 0.466 e. The highest BCUT2D eigenvalue weighted by Gasteiger charge is 2.68. The number of carbonyl (C=O) groups is 2. The second kappa shape index (κ2) is 10.2. The summed E-state index contributed by atoms with van der Waals surface area (Å²) in [6, 6.07) is 1.55. The van der Waals surface area contributed by atoms with E-state index in [1.54, 1.807) is 0 Å². The average Bonchev–Trinajstić information content (AvgIpc) is 2.70. The Bertz CT molecular complexity index is 1080. The molecule has 0 saturated heterocycles. The molecular formula is C17H13F10NO7S. The van der Waals surface area contributed by atoms with Crippen molar-refractivity contribution >= 4 is 27.7 Å². The van der Waals surface area contributed by atoms with Crippen LogP contribution in [0.4, 0.5) is 49.6 Å². The van der Waals surface area contributed by atoms with Gasteiger partial charge in [0.15, 0.2) is 0 Å². The molecule has 19 heteroatoms. The number of anilines is 1. The van der Waals surface area contributed by atoms with Crippen LogP contribution in [0.2, 0.25) is 0 Å². The van der Waals surface area contributed by atoms with E-state index in [1.807, 2.05) is 0 Å². The Morgan fingerprint density at radius 3 is 1.86 bits per heavy atom. The van der Waals surface area contributed by atoms with Crippen LogP contribution in [-0.2, 0) is 35.4 Å². The van der Waals surface area contributed by atoms with Crippen LogP contribution in [0.3, 0.4) is 0 Å². The van der Waals surface area contributed by atoms with Crippen molar-refractivity contribution in [1.29, 1.82) is 0 Å². The number of halogens is 10. The fraction of sp³-hybridized carbons (Fsp3) is 0.412. The lowest BCUT2D eigenvalue weighted by molar-refractivity contribution is -0.347. The molecule has 1 atom stereocenters. The van der Waals surface area contributed by atoms with Crippen molar-refractivity contribution in [3.05, 3.63) is 42.5 Å². The lowest BCUT2D eigenvalue weighted by Gasteiger charge is -2.33. The number of amides is 1. The Morgan fingerprint density at radius 2 is 1.47 bits per heavy atom. The van der Waals surface area contributed by atoms with Gasteiger partial charge in [-0.25, -0.2) is 4.79 Å². The van der Waals surface area contributed by atoms with Gasteiger partial charge in [0.25, 0.3) is 0 Å². The third kappa shape index (κ3) is 6.64. The maximum Gasteiger partial charge on any atom is 0.466 e. The predicted molar refractivity (Wildman–Crippen MR) is 97.2 cm³/mol. The first-order valence-electron chi connectivity index (χ1n) is 8.79. The monoisotopic (exact) mass is 565 g/mol. The number of ether oxygens (including phenoxy) is 2. The van der Waals surface area contributed by atoms with E-state index in [1.165, 1.54) is 5.32 Å². The molecule has 1 amide bonds. The number of rotatable bonds is 10. The van der Waals surface area contributed by atoms with Crippen molar-refractivity contribution in [3.63, 3.8) is 0 Å². The summed E-state index contributed by atoms with van der Waals surface area (Å²) < 4.78 is 170. The van der Waals surface area contributed by atoms with Gasteiger partial charge in [0.2, 0.25) is 0 Å². The highest BCUT2D eigenvalue weighted by atomic mass is 32.2. The normalized spacial score (nSPS) is 15.1. The van der Waals surface area contributed by atoms with Crippen LogP contribution in [-0.4, -0.2) is 54.6 Å². The van der Waals surface area contributed by atoms with E-state index >= 15 is 0 Å². The third-order valence-corrected chi connectivity index (χ3v) is 4.97. The Morgan fingerprint density at radius 1 is 0.972 bits per heavy atom. The first kappa shape index (κ1) is 31.1. The van der Waals surface area contributed by atoms with Gasteiger partial charge in [-0.3, -0.25) is 9.35 Å². The highest BCUT2D eigenvalue weighted by Crippen LogP contribution is 2.42. The number of hydrogen-bond acceptors (Lipinski definition) is 6. The number of benzene rings is 1. The summed E-state index contributed by atoms with van der Waals surface area (Å²) in [6.07, 6.45) is -13.5. The molecule has 1 aromatic carbocycles. The summed E-state index contributed by atoms with van der Waals surface area (Å²) in [6.45, 7) is 0.499. The first-order valence-corrected chi connectivity index (χ1v) is 10.2. The van der Waals surface area contributed by atoms with Crippen LogP contribution in [0.15, 0.2) is 36.9 Å². The van der Waals surface area contributed by atoms with Gasteiger partial charge < -0.3 is 14.8 Å². The first-order chi connectivity index (χ1) is 16.0. The van der Waals surface area contributed by atoms with Crippen molar-refractivity contribution in [2.75, 3.05) is 11.9 Å². The molecule has 1 aromatic rings. The van der Waals surface area contributed by atoms with Gasteiger partial charge >= 0.3 is 51.3 Å². The molecule has 1 unspecified atom stereocenters. The van der Waals surface area contributed by atoms with Crippen molar-refractivity contribution in [1.82, 2.24) is 0 Å². The zero-order valence-corrected chi connectivity index (χ0v) is 17.9. The van der Waals surface area contributed by atoms with Crippen molar-refractivity contribution in [3.8, 4) is 0 Å². The van der Waals surface area contributed by atoms with Gasteiger partial charge in [-0.1, -0.05) is 6.58 Å². The van der Waals surface area contributed by atoms with Gasteiger partial charge in [-0.2, -0.15) is 52.3 Å². The topological polar surface area (TPSA) is 119 Å². The average molecular weight is 565 g/mol. The van der Waals surface area contributed by atoms with E-state index in [9.17, 15) is 61.9 Å². The van der Waals surface area contributed by atoms with Crippen molar-refractivity contribution in [2.24, 2.45) is 0 Å². The molecule has 0 saturated carbocycles. The summed E-state index contributed by atoms with van der Waals surface area (Å²) in [4.78, 5) is 23.8. The number of nitrogens with one attached hydrogen (secondary N) is 1. The Balaban J connectivity index is 3.35. The molecule has 1 rings (SSSR count). The molecule has 0 aliphatic rings. The van der Waals surface area contributed by atoms with Gasteiger partial charge in [-0.05, 0) is 24.3 Å². The number of esters is 1. The SMILES string of the molecule is C=CC(=O)OC(OCCC(F)(F)C(F)(F)S(=O)(=O)O)(C(=O)Nc1ccc(C(F)(F)F)cc1)C(F)(F)F. The fourth-order valence-corrected chi connectivity index (χ4v) is 2.69. The van der Waals surface area contributed by atoms with E-state index in [0.717, 1.165) is 0 Å². The standard InChI is InChI=1S/C17H13F10NO7S/c1-2-11(29)35-14(16(23,24)25,34-8-7-13(18,19)17(26,27)36(31,32)33)12(30)28-10-5-3-9(4-6-10)15(20,21)22/h2-6H,1,7-8H2,(H,28,30)(H,31,32,33). The minimum absolute atomic E-state index is 0.0519. The van der Waals surface area contributed by atoms with E-state index in [-0.39, 0.29) is 6.08 Å². The van der Waals surface area contributed by atoms with Crippen LogP contribution >= 0.6 is 0 Å². The zero-order chi connectivity index (χ0) is 28.4. The molecule has 0 aliphatic carbocycles. The molecule has 0 radical (unpaired) electrons. The van der Waals surface area contributed by atoms with Crippen LogP contribution in [0.5, 0.6) is 0 Å². The molecular weight excluding hydrogens is 552 g/mol. The van der Waals surface area contributed by atoms with E-state index in [2.05, 4.69) is 16.1 Å². The quantitative estimate of drug-likeness (QED) is 0.144. The van der Waals surface area contributed by atoms with Crippen LogP contribution < -0.4 is 5.32 Å². The minimum Gasteiger partial charge on any atom is -0.412 e. The number of hydrogen-bond donors (Lipinski definition) is 2. The summed E-state index contributed by atoms with van der Waals surface area (Å²) in [5.74, 6) is -15.2. The molecule has 2 N–H and O–H groups in total. The summed E-state index contributed by atoms with van der Waals surface area (Å²) >= 11 is 0. The van der Waals surface area contributed by atoms with E-state index in [0.29, 0.717) is 24.3 Å². The molecule has 204 valence electrons. The molecule has 0 aliphatic heterocycles. The predicted octanol–water partition coefficient (Wildman–Crippen LogP) is 4.15. The highest BCUT2D eigenvalue weighted by molar-refractivity contribution is 7.87. The maximum absolute atomic E-state index is 13.8. The second-order valence-electron chi connectivity index (χ2n) is 6.56. The zero-order valence-electron chi connectivity index (χ0n) is 17.1. The number of carbonyl (C=O) groups excluding carboxylic acids is 2. The lowest BCUT2D eigenvalue weighted by atomic mass is 10.1. The summed E-state index contributed by atoms with van der Waals surface area (Å²) in [7, 11) is -6.77. The third-order valence-electron chi connectivity index (χ3n) is 4.02. The smallest absolute Gasteiger partial charge is 0.412 e. The molecule has 8 nitrogen and oxygen atoms in total. The molecule has 0 aromatic heterocycles. The van der Waals surface area contributed by atoms with Crippen LogP contribution in [0.1, 0.15) is 12.0 Å². The molecule has 0 bridgehead atoms. The Labute approximate surface area is 194 Å². The molecule has 0 spiro atoms. The van der Waals surface area contributed by atoms with E-state index < -0.39 is 75.6 Å². The van der Waals surface area contributed by atoms with Crippen LogP contribution in [0.25, 0.3) is 0 Å². The Hall–Kier alpha value is -2.93. The van der Waals surface area contributed by atoms with Crippen LogP contribution in [0, 0.1) is 0 Å². The van der Waals surface area contributed by atoms with Gasteiger partial charge in [0.1, 0.15) is 0 Å². The van der Waals surface area contributed by atoms with Gasteiger partial charge in [-0.15, -0.1) is 0 Å². The number of alkyl halides is 10. The maximum atomic E-state index is 13.8. The molecule has 0 fully saturated rings. The van der Waals surface area contributed by atoms with Gasteiger partial charge in [0.05, 0.1) is 12.2 Å². The summed E-state index contributed by atoms with van der Waals surface area (Å²) in [5, 5.41) is -4.84. The van der Waals surface area contributed by atoms with Gasteiger partial charge in [0, 0.05) is 18.2 Å². The van der Waals surface area contributed by atoms with Crippen molar-refractivity contribution in [2.45, 2.75) is 35.7 Å². The van der Waals surface area contributed by atoms with E-state index in [4.69, 9.17) is 4.55 Å². The van der Waals surface area contributed by atoms with Crippen molar-refractivity contribution < 1.29 is 75.9 Å². The minimum atomic E-state index is -6.77. The fourth-order valence-electron chi connectivity index (χ4n) is 2.21. The molecule has 36 heavy (non-hydrogen) atoms. The lowest BCUT2D eigenvalue weighted by Crippen LogP contribution is -2.60. The molecule has 0 heterocycles. The second-order valence-corrected chi connectivity index (χ2v) is 8.03. The Kier molecular flexibility index (Phi) is 8.82. The summed E-state index contributed by atoms with van der Waals surface area (Å²) in [5.41, 5.74) is -2.07.